The van der Waals surface area contributed by atoms with Crippen LogP contribution in [0.15, 0.2) is 77.6 Å². The van der Waals surface area contributed by atoms with E-state index in [9.17, 15) is 9.59 Å². The van der Waals surface area contributed by atoms with Crippen molar-refractivity contribution < 1.29 is 14.3 Å². The molecule has 8 heteroatoms. The summed E-state index contributed by atoms with van der Waals surface area (Å²) in [6.07, 6.45) is 8.24. The number of thiazole rings is 1. The Morgan fingerprint density at radius 2 is 1.77 bits per heavy atom. The van der Waals surface area contributed by atoms with Crippen molar-refractivity contribution in [3.8, 4) is 5.75 Å². The number of aromatic nitrogens is 1. The first-order chi connectivity index (χ1) is 19.2. The van der Waals surface area contributed by atoms with Crippen LogP contribution in [0.4, 0.5) is 0 Å². The highest BCUT2D eigenvalue weighted by Crippen LogP contribution is 2.17. The fourth-order valence-electron chi connectivity index (χ4n) is 4.62. The molecule has 2 aromatic carbocycles. The van der Waals surface area contributed by atoms with E-state index in [1.165, 1.54) is 11.3 Å². The first-order valence-corrected chi connectivity index (χ1v) is 14.9. The predicted octanol–water partition coefficient (Wildman–Crippen LogP) is 4.97. The van der Waals surface area contributed by atoms with Crippen molar-refractivity contribution in [1.82, 2.24) is 20.9 Å². The summed E-state index contributed by atoms with van der Waals surface area (Å²) in [6, 6.07) is 16.6. The molecular weight excluding hydrogens is 520 g/mol. The SMILES string of the molecule is CC(C)(C)NC(=O)[C@H](Cc1ccc(OCc2ccccc2)cc1)NC(=O)[C@H](Cc1cscn1)NC1C=CCCC1. The fourth-order valence-corrected chi connectivity index (χ4v) is 5.19. The third-order valence-corrected chi connectivity index (χ3v) is 7.26. The molecule has 0 saturated heterocycles. The molecule has 0 spiro atoms. The van der Waals surface area contributed by atoms with E-state index in [2.05, 4.69) is 33.1 Å². The lowest BCUT2D eigenvalue weighted by atomic mass is 9.99. The molecule has 0 fully saturated rings. The second kappa shape index (κ2) is 14.2. The van der Waals surface area contributed by atoms with E-state index < -0.39 is 17.6 Å². The maximum atomic E-state index is 13.7. The molecule has 1 heterocycles. The summed E-state index contributed by atoms with van der Waals surface area (Å²) in [5.41, 5.74) is 4.23. The number of amides is 2. The number of allylic oxidation sites excluding steroid dienone is 1. The van der Waals surface area contributed by atoms with Crippen LogP contribution < -0.4 is 20.7 Å². The van der Waals surface area contributed by atoms with Crippen molar-refractivity contribution in [2.24, 2.45) is 0 Å². The lowest BCUT2D eigenvalue weighted by Crippen LogP contribution is -2.57. The largest absolute Gasteiger partial charge is 0.489 e. The Kier molecular flexibility index (Phi) is 10.5. The molecular formula is C32H40N4O3S. The number of carbonyl (C=O) groups excluding carboxylic acids is 2. The minimum atomic E-state index is -0.732. The monoisotopic (exact) mass is 560 g/mol. The van der Waals surface area contributed by atoms with Crippen molar-refractivity contribution in [3.63, 3.8) is 0 Å². The Labute approximate surface area is 241 Å². The van der Waals surface area contributed by atoms with Crippen LogP contribution in [-0.2, 0) is 29.0 Å². The van der Waals surface area contributed by atoms with Gasteiger partial charge in [-0.25, -0.2) is 4.98 Å². The molecule has 7 nitrogen and oxygen atoms in total. The zero-order valence-corrected chi connectivity index (χ0v) is 24.4. The summed E-state index contributed by atoms with van der Waals surface area (Å²) in [4.78, 5) is 31.4. The summed E-state index contributed by atoms with van der Waals surface area (Å²) >= 11 is 1.51. The van der Waals surface area contributed by atoms with Crippen LogP contribution in [-0.4, -0.2) is 40.5 Å². The number of rotatable bonds is 12. The van der Waals surface area contributed by atoms with Crippen molar-refractivity contribution in [2.45, 2.75) is 83.1 Å². The van der Waals surface area contributed by atoms with Gasteiger partial charge in [-0.1, -0.05) is 54.6 Å². The van der Waals surface area contributed by atoms with Crippen LogP contribution in [0.3, 0.4) is 0 Å². The maximum absolute atomic E-state index is 13.7. The zero-order valence-electron chi connectivity index (χ0n) is 23.6. The molecule has 0 saturated carbocycles. The third kappa shape index (κ3) is 9.61. The number of ether oxygens (including phenoxy) is 1. The molecule has 3 aromatic rings. The molecule has 2 amide bonds. The zero-order chi connectivity index (χ0) is 28.4. The molecule has 212 valence electrons. The van der Waals surface area contributed by atoms with Gasteiger partial charge >= 0.3 is 0 Å². The van der Waals surface area contributed by atoms with Gasteiger partial charge < -0.3 is 15.4 Å². The number of nitrogens with one attached hydrogen (secondary N) is 3. The van der Waals surface area contributed by atoms with Crippen LogP contribution >= 0.6 is 11.3 Å². The molecule has 0 bridgehead atoms. The van der Waals surface area contributed by atoms with Crippen LogP contribution in [0.5, 0.6) is 5.75 Å². The van der Waals surface area contributed by atoms with E-state index in [0.717, 1.165) is 41.8 Å². The third-order valence-electron chi connectivity index (χ3n) is 6.63. The Morgan fingerprint density at radius 3 is 2.42 bits per heavy atom. The van der Waals surface area contributed by atoms with Gasteiger partial charge in [-0.15, -0.1) is 11.3 Å². The van der Waals surface area contributed by atoms with Crippen molar-refractivity contribution in [3.05, 3.63) is 94.5 Å². The van der Waals surface area contributed by atoms with E-state index in [1.54, 1.807) is 5.51 Å². The number of hydrogen-bond acceptors (Lipinski definition) is 6. The highest BCUT2D eigenvalue weighted by atomic mass is 32.1. The average Bonchev–Trinajstić information content (AvgIpc) is 3.45. The van der Waals surface area contributed by atoms with Gasteiger partial charge in [0.25, 0.3) is 0 Å². The minimum absolute atomic E-state index is 0.119. The highest BCUT2D eigenvalue weighted by Gasteiger charge is 2.29. The first kappa shape index (κ1) is 29.5. The summed E-state index contributed by atoms with van der Waals surface area (Å²) in [5.74, 6) is 0.333. The fraction of sp³-hybridized carbons (Fsp3) is 0.406. The number of benzene rings is 2. The highest BCUT2D eigenvalue weighted by molar-refractivity contribution is 7.07. The molecule has 1 aromatic heterocycles. The van der Waals surface area contributed by atoms with Crippen LogP contribution in [0.25, 0.3) is 0 Å². The lowest BCUT2D eigenvalue weighted by molar-refractivity contribution is -0.130. The number of hydrogen-bond donors (Lipinski definition) is 3. The Hall–Kier alpha value is -3.49. The number of carbonyl (C=O) groups is 2. The van der Waals surface area contributed by atoms with Crippen molar-refractivity contribution >= 4 is 23.2 Å². The van der Waals surface area contributed by atoms with E-state index in [-0.39, 0.29) is 17.9 Å². The first-order valence-electron chi connectivity index (χ1n) is 13.9. The summed E-state index contributed by atoms with van der Waals surface area (Å²) in [5, 5.41) is 11.6. The van der Waals surface area contributed by atoms with Crippen LogP contribution in [0.2, 0.25) is 0 Å². The van der Waals surface area contributed by atoms with Gasteiger partial charge in [-0.05, 0) is 63.3 Å². The summed E-state index contributed by atoms with van der Waals surface area (Å²) in [6.45, 7) is 6.29. The normalized spacial score (nSPS) is 16.6. The molecule has 4 rings (SSSR count). The molecule has 3 N–H and O–H groups in total. The molecule has 1 aliphatic carbocycles. The van der Waals surface area contributed by atoms with E-state index in [1.807, 2.05) is 80.7 Å². The standard InChI is InChI=1S/C32H40N4O3S/c1-32(2,3)36-31(38)28(18-23-14-16-27(17-15-23)39-20-24-10-6-4-7-11-24)35-30(37)29(19-26-21-40-22-33-26)34-25-12-8-5-9-13-25/h4,6-8,10-12,14-17,21-22,25,28-29,34H,5,9,13,18-20H2,1-3H3,(H,35,37)(H,36,38)/t25?,28-,29-/m0/s1. The lowest BCUT2D eigenvalue weighted by Gasteiger charge is -2.29. The van der Waals surface area contributed by atoms with Crippen molar-refractivity contribution in [2.75, 3.05) is 0 Å². The molecule has 3 atom stereocenters. The molecule has 1 unspecified atom stereocenters. The van der Waals surface area contributed by atoms with Gasteiger partial charge in [0.1, 0.15) is 18.4 Å². The van der Waals surface area contributed by atoms with E-state index >= 15 is 0 Å². The molecule has 40 heavy (non-hydrogen) atoms. The van der Waals surface area contributed by atoms with Gasteiger partial charge in [0, 0.05) is 29.8 Å². The maximum Gasteiger partial charge on any atom is 0.243 e. The Morgan fingerprint density at radius 1 is 1.00 bits per heavy atom. The number of nitrogens with zero attached hydrogens (tertiary/aromatic N) is 1. The van der Waals surface area contributed by atoms with Crippen molar-refractivity contribution in [1.29, 1.82) is 0 Å². The van der Waals surface area contributed by atoms with Gasteiger partial charge in [0.15, 0.2) is 0 Å². The predicted molar refractivity (Wildman–Crippen MR) is 160 cm³/mol. The van der Waals surface area contributed by atoms with Gasteiger partial charge in [0.2, 0.25) is 11.8 Å². The summed E-state index contributed by atoms with van der Waals surface area (Å²) < 4.78 is 5.92. The van der Waals surface area contributed by atoms with E-state index in [4.69, 9.17) is 4.74 Å². The second-order valence-corrected chi connectivity index (χ2v) is 12.0. The smallest absolute Gasteiger partial charge is 0.243 e. The molecule has 1 aliphatic rings. The Balaban J connectivity index is 1.45. The van der Waals surface area contributed by atoms with E-state index in [0.29, 0.717) is 19.4 Å². The van der Waals surface area contributed by atoms with Crippen LogP contribution in [0.1, 0.15) is 56.9 Å². The molecule has 0 aliphatic heterocycles. The quantitative estimate of drug-likeness (QED) is 0.272. The van der Waals surface area contributed by atoms with Crippen LogP contribution in [0, 0.1) is 0 Å². The van der Waals surface area contributed by atoms with Gasteiger partial charge in [0.05, 0.1) is 17.2 Å². The topological polar surface area (TPSA) is 92.4 Å². The molecule has 0 radical (unpaired) electrons. The summed E-state index contributed by atoms with van der Waals surface area (Å²) in [7, 11) is 0. The van der Waals surface area contributed by atoms with Gasteiger partial charge in [-0.3, -0.25) is 14.9 Å². The second-order valence-electron chi connectivity index (χ2n) is 11.3. The average molecular weight is 561 g/mol. The van der Waals surface area contributed by atoms with Gasteiger partial charge in [-0.2, -0.15) is 0 Å². The Bertz CT molecular complexity index is 1240. The minimum Gasteiger partial charge on any atom is -0.489 e.